The smallest absolute Gasteiger partial charge is 0.322 e. The summed E-state index contributed by atoms with van der Waals surface area (Å²) in [6.07, 6.45) is 0. The Bertz CT molecular complexity index is 1180. The maximum absolute atomic E-state index is 13.0. The van der Waals surface area contributed by atoms with Crippen molar-refractivity contribution in [3.63, 3.8) is 0 Å². The number of aliphatic hydroxyl groups excluding tert-OH is 1. The quantitative estimate of drug-likeness (QED) is 0.614. The molecule has 2 heterocycles. The van der Waals surface area contributed by atoms with Gasteiger partial charge in [-0.15, -0.1) is 0 Å². The lowest BCUT2D eigenvalue weighted by Gasteiger charge is -2.58. The molecule has 174 valence electrons. The Labute approximate surface area is 198 Å². The average molecular weight is 458 g/mol. The van der Waals surface area contributed by atoms with Gasteiger partial charge in [0.25, 0.3) is 0 Å². The highest BCUT2D eigenvalue weighted by Crippen LogP contribution is 2.43. The zero-order valence-electron chi connectivity index (χ0n) is 18.9. The molecule has 0 saturated carbocycles. The molecule has 0 spiro atoms. The summed E-state index contributed by atoms with van der Waals surface area (Å²) in [6.45, 7) is 0.267. The van der Waals surface area contributed by atoms with Gasteiger partial charge >= 0.3 is 6.03 Å². The molecule has 0 aromatic heterocycles. The monoisotopic (exact) mass is 457 g/mol. The summed E-state index contributed by atoms with van der Waals surface area (Å²) in [5.41, 5.74) is 3.85. The second-order valence-electron chi connectivity index (χ2n) is 8.64. The van der Waals surface area contributed by atoms with E-state index in [1.807, 2.05) is 30.3 Å². The Kier molecular flexibility index (Phi) is 5.94. The van der Waals surface area contributed by atoms with Crippen molar-refractivity contribution >= 4 is 17.6 Å². The molecule has 0 bridgehead atoms. The Balaban J connectivity index is 1.34. The highest BCUT2D eigenvalue weighted by atomic mass is 16.5. The molecule has 2 fully saturated rings. The van der Waals surface area contributed by atoms with E-state index in [1.54, 1.807) is 24.1 Å². The molecule has 3 aromatic rings. The Morgan fingerprint density at radius 2 is 1.68 bits per heavy atom. The van der Waals surface area contributed by atoms with E-state index in [1.165, 1.54) is 4.90 Å². The number of fused-ring (bicyclic) bond motifs is 1. The number of nitrogens with one attached hydrogen (secondary N) is 1. The summed E-state index contributed by atoms with van der Waals surface area (Å²) in [5, 5.41) is 12.9. The Hall–Kier alpha value is -3.84. The molecule has 2 aliphatic heterocycles. The second kappa shape index (κ2) is 9.19. The number of hydrogen-bond donors (Lipinski definition) is 2. The highest BCUT2D eigenvalue weighted by molar-refractivity contribution is 5.94. The fraction of sp³-hybridized carbons (Fsp3) is 0.259. The van der Waals surface area contributed by atoms with Gasteiger partial charge in [0.2, 0.25) is 5.91 Å². The van der Waals surface area contributed by atoms with Gasteiger partial charge in [-0.05, 0) is 28.8 Å². The number of nitrogens with zero attached hydrogens (tertiary/aromatic N) is 2. The van der Waals surface area contributed by atoms with Crippen molar-refractivity contribution in [2.75, 3.05) is 32.1 Å². The highest BCUT2D eigenvalue weighted by Gasteiger charge is 2.54. The van der Waals surface area contributed by atoms with Crippen molar-refractivity contribution in [2.45, 2.75) is 18.0 Å². The molecule has 2 aliphatic rings. The first kappa shape index (κ1) is 22.0. The fourth-order valence-electron chi connectivity index (χ4n) is 5.12. The van der Waals surface area contributed by atoms with E-state index < -0.39 is 0 Å². The van der Waals surface area contributed by atoms with Gasteiger partial charge in [0, 0.05) is 12.5 Å². The first-order valence-electron chi connectivity index (χ1n) is 11.4. The van der Waals surface area contributed by atoms with Gasteiger partial charge in [0.1, 0.15) is 12.3 Å². The van der Waals surface area contributed by atoms with Crippen LogP contribution < -0.4 is 10.1 Å². The van der Waals surface area contributed by atoms with Crippen LogP contribution in [-0.4, -0.2) is 65.7 Å². The third kappa shape index (κ3) is 3.88. The number of carbonyl (C=O) groups is 2. The summed E-state index contributed by atoms with van der Waals surface area (Å²) in [4.78, 5) is 29.2. The van der Waals surface area contributed by atoms with Crippen molar-refractivity contribution in [3.05, 3.63) is 84.4 Å². The fourth-order valence-corrected chi connectivity index (χ4v) is 5.12. The minimum absolute atomic E-state index is 0.0202. The molecule has 2 saturated heterocycles. The molecule has 0 radical (unpaired) electrons. The summed E-state index contributed by atoms with van der Waals surface area (Å²) < 4.78 is 5.31. The van der Waals surface area contributed by atoms with Crippen LogP contribution in [0.3, 0.4) is 0 Å². The van der Waals surface area contributed by atoms with Gasteiger partial charge in [-0.2, -0.15) is 0 Å². The third-order valence-electron chi connectivity index (χ3n) is 6.79. The SMILES string of the molecule is COc1ccccc1NC(=O)N1CC(=O)N2[C@H](CO)[C@@H](c3ccc(-c4ccccc4)cc3)[C@H]2C1. The number of carbonyl (C=O) groups excluding carboxylic acids is 2. The zero-order valence-corrected chi connectivity index (χ0v) is 18.9. The number of rotatable bonds is 5. The van der Waals surface area contributed by atoms with Crippen LogP contribution in [0.15, 0.2) is 78.9 Å². The molecule has 34 heavy (non-hydrogen) atoms. The maximum atomic E-state index is 13.0. The van der Waals surface area contributed by atoms with E-state index >= 15 is 0 Å². The van der Waals surface area contributed by atoms with Gasteiger partial charge in [0.15, 0.2) is 0 Å². The molecule has 2 N–H and O–H groups in total. The van der Waals surface area contributed by atoms with E-state index in [9.17, 15) is 14.7 Å². The number of methoxy groups -OCH3 is 1. The van der Waals surface area contributed by atoms with Crippen molar-refractivity contribution in [3.8, 4) is 16.9 Å². The minimum Gasteiger partial charge on any atom is -0.495 e. The molecule has 7 heteroatoms. The summed E-state index contributed by atoms with van der Waals surface area (Å²) in [6, 6.07) is 24.8. The number of amides is 3. The molecule has 0 unspecified atom stereocenters. The lowest BCUT2D eigenvalue weighted by Crippen LogP contribution is -2.73. The number of hydrogen-bond acceptors (Lipinski definition) is 4. The first-order chi connectivity index (χ1) is 16.6. The molecule has 3 aromatic carbocycles. The molecular weight excluding hydrogens is 430 g/mol. The average Bonchev–Trinajstić information content (AvgIpc) is 2.86. The molecular formula is C27H27N3O4. The normalized spacial score (nSPS) is 21.5. The lowest BCUT2D eigenvalue weighted by molar-refractivity contribution is -0.159. The Morgan fingerprint density at radius 1 is 1.00 bits per heavy atom. The largest absolute Gasteiger partial charge is 0.495 e. The van der Waals surface area contributed by atoms with Gasteiger partial charge in [-0.25, -0.2) is 4.79 Å². The van der Waals surface area contributed by atoms with Crippen LogP contribution in [0.2, 0.25) is 0 Å². The van der Waals surface area contributed by atoms with E-state index in [0.717, 1.165) is 16.7 Å². The topological polar surface area (TPSA) is 82.1 Å². The second-order valence-corrected chi connectivity index (χ2v) is 8.64. The van der Waals surface area contributed by atoms with Crippen molar-refractivity contribution in [1.82, 2.24) is 9.80 Å². The van der Waals surface area contributed by atoms with Crippen LogP contribution in [0.5, 0.6) is 5.75 Å². The van der Waals surface area contributed by atoms with Crippen LogP contribution in [0.1, 0.15) is 11.5 Å². The maximum Gasteiger partial charge on any atom is 0.322 e. The van der Waals surface area contributed by atoms with E-state index in [4.69, 9.17) is 4.74 Å². The van der Waals surface area contributed by atoms with Gasteiger partial charge in [-0.3, -0.25) is 4.79 Å². The van der Waals surface area contributed by atoms with E-state index in [-0.39, 0.29) is 43.1 Å². The van der Waals surface area contributed by atoms with Crippen LogP contribution in [0, 0.1) is 0 Å². The molecule has 3 amide bonds. The van der Waals surface area contributed by atoms with Crippen molar-refractivity contribution in [2.24, 2.45) is 0 Å². The predicted molar refractivity (Wildman–Crippen MR) is 130 cm³/mol. The number of benzene rings is 3. The number of aliphatic hydroxyl groups is 1. The van der Waals surface area contributed by atoms with Gasteiger partial charge in [-0.1, -0.05) is 66.7 Å². The summed E-state index contributed by atoms with van der Waals surface area (Å²) in [7, 11) is 1.55. The predicted octanol–water partition coefficient (Wildman–Crippen LogP) is 3.57. The van der Waals surface area contributed by atoms with Crippen LogP contribution in [-0.2, 0) is 4.79 Å². The van der Waals surface area contributed by atoms with Crippen LogP contribution in [0.4, 0.5) is 10.5 Å². The third-order valence-corrected chi connectivity index (χ3v) is 6.79. The van der Waals surface area contributed by atoms with Crippen LogP contribution >= 0.6 is 0 Å². The van der Waals surface area contributed by atoms with Crippen LogP contribution in [0.25, 0.3) is 11.1 Å². The molecule has 3 atom stereocenters. The first-order valence-corrected chi connectivity index (χ1v) is 11.4. The van der Waals surface area contributed by atoms with E-state index in [2.05, 4.69) is 41.7 Å². The number of urea groups is 1. The number of ether oxygens (including phenoxy) is 1. The van der Waals surface area contributed by atoms with Crippen molar-refractivity contribution < 1.29 is 19.4 Å². The number of piperazine rings is 1. The van der Waals surface area contributed by atoms with Gasteiger partial charge < -0.3 is 25.0 Å². The molecule has 5 rings (SSSR count). The standard InChI is InChI=1S/C27H27N3O4/c1-34-24-10-6-5-9-21(24)28-27(33)29-15-22-26(23(17-31)30(22)25(32)16-29)20-13-11-19(12-14-20)18-7-3-2-4-8-18/h2-14,22-23,26,31H,15-17H2,1H3,(H,28,33)/t22-,23-,26+/m1/s1. The summed E-state index contributed by atoms with van der Waals surface area (Å²) >= 11 is 0. The lowest BCUT2D eigenvalue weighted by atomic mass is 9.73. The molecule has 0 aliphatic carbocycles. The van der Waals surface area contributed by atoms with E-state index in [0.29, 0.717) is 18.0 Å². The number of para-hydroxylation sites is 2. The minimum atomic E-state index is -0.344. The Morgan fingerprint density at radius 3 is 2.38 bits per heavy atom. The molecule has 7 nitrogen and oxygen atoms in total. The number of anilines is 1. The summed E-state index contributed by atoms with van der Waals surface area (Å²) in [5.74, 6) is 0.365. The van der Waals surface area contributed by atoms with Crippen molar-refractivity contribution in [1.29, 1.82) is 0 Å². The van der Waals surface area contributed by atoms with Gasteiger partial charge in [0.05, 0.1) is 31.5 Å². The zero-order chi connectivity index (χ0) is 23.7.